The highest BCUT2D eigenvalue weighted by molar-refractivity contribution is 7.94. The molecule has 4 nitrogen and oxygen atoms in total. The van der Waals surface area contributed by atoms with E-state index < -0.39 is 15.8 Å². The first-order chi connectivity index (χ1) is 8.53. The SMILES string of the molecule is NCc1ccc(S(=O)(=O)Nc2ccccc2F)s1. The van der Waals surface area contributed by atoms with Crippen molar-refractivity contribution in [3.8, 4) is 0 Å². The van der Waals surface area contributed by atoms with E-state index in [9.17, 15) is 12.8 Å². The highest BCUT2D eigenvalue weighted by Crippen LogP contribution is 2.24. The van der Waals surface area contributed by atoms with Gasteiger partial charge in [0.15, 0.2) is 0 Å². The van der Waals surface area contributed by atoms with Gasteiger partial charge in [0.25, 0.3) is 10.0 Å². The molecule has 0 radical (unpaired) electrons. The zero-order valence-corrected chi connectivity index (χ0v) is 10.9. The van der Waals surface area contributed by atoms with Gasteiger partial charge in [0.2, 0.25) is 0 Å². The Bertz CT molecular complexity index is 653. The van der Waals surface area contributed by atoms with E-state index in [2.05, 4.69) is 4.72 Å². The summed E-state index contributed by atoms with van der Waals surface area (Å²) in [5.41, 5.74) is 5.35. The van der Waals surface area contributed by atoms with Crippen LogP contribution < -0.4 is 10.5 Å². The van der Waals surface area contributed by atoms with Gasteiger partial charge in [-0.2, -0.15) is 0 Å². The van der Waals surface area contributed by atoms with Crippen molar-refractivity contribution in [2.45, 2.75) is 10.8 Å². The number of benzene rings is 1. The van der Waals surface area contributed by atoms with Crippen LogP contribution in [0.5, 0.6) is 0 Å². The molecule has 0 aliphatic rings. The molecular formula is C11H11FN2O2S2. The van der Waals surface area contributed by atoms with Crippen molar-refractivity contribution in [2.75, 3.05) is 4.72 Å². The predicted octanol–water partition coefficient (Wildman–Crippen LogP) is 2.15. The molecule has 18 heavy (non-hydrogen) atoms. The molecule has 0 amide bonds. The monoisotopic (exact) mass is 286 g/mol. The van der Waals surface area contributed by atoms with Crippen LogP contribution in [0.25, 0.3) is 0 Å². The molecule has 3 N–H and O–H groups in total. The number of hydrogen-bond donors (Lipinski definition) is 2. The molecule has 0 spiro atoms. The molecule has 1 heterocycles. The first-order valence-corrected chi connectivity index (χ1v) is 7.39. The minimum atomic E-state index is -3.75. The summed E-state index contributed by atoms with van der Waals surface area (Å²) < 4.78 is 39.6. The van der Waals surface area contributed by atoms with E-state index in [4.69, 9.17) is 5.73 Å². The first kappa shape index (κ1) is 13.0. The zero-order valence-electron chi connectivity index (χ0n) is 9.26. The third-order valence-electron chi connectivity index (χ3n) is 2.22. The van der Waals surface area contributed by atoms with E-state index in [1.54, 1.807) is 12.1 Å². The summed E-state index contributed by atoms with van der Waals surface area (Å²) in [7, 11) is -3.75. The Balaban J connectivity index is 2.30. The molecule has 0 fully saturated rings. The number of rotatable bonds is 4. The predicted molar refractivity (Wildman–Crippen MR) is 69.4 cm³/mol. The average Bonchev–Trinajstić information content (AvgIpc) is 2.81. The van der Waals surface area contributed by atoms with Gasteiger partial charge in [-0.25, -0.2) is 12.8 Å². The van der Waals surface area contributed by atoms with Crippen molar-refractivity contribution in [2.24, 2.45) is 5.73 Å². The van der Waals surface area contributed by atoms with Gasteiger partial charge in [0, 0.05) is 11.4 Å². The van der Waals surface area contributed by atoms with Crippen LogP contribution in [0, 0.1) is 5.82 Å². The minimum Gasteiger partial charge on any atom is -0.326 e. The molecule has 2 aromatic rings. The molecule has 7 heteroatoms. The Kier molecular flexibility index (Phi) is 3.65. The van der Waals surface area contributed by atoms with Gasteiger partial charge in [-0.15, -0.1) is 11.3 Å². The number of para-hydroxylation sites is 1. The van der Waals surface area contributed by atoms with Crippen LogP contribution in [0.2, 0.25) is 0 Å². The number of thiophene rings is 1. The third-order valence-corrected chi connectivity index (χ3v) is 5.19. The lowest BCUT2D eigenvalue weighted by Crippen LogP contribution is -2.12. The number of nitrogens with one attached hydrogen (secondary N) is 1. The molecule has 0 saturated heterocycles. The van der Waals surface area contributed by atoms with Gasteiger partial charge in [0.05, 0.1) is 5.69 Å². The molecular weight excluding hydrogens is 275 g/mol. The van der Waals surface area contributed by atoms with Gasteiger partial charge < -0.3 is 5.73 Å². The molecule has 0 saturated carbocycles. The Morgan fingerprint density at radius 3 is 2.56 bits per heavy atom. The second-order valence-electron chi connectivity index (χ2n) is 3.51. The summed E-state index contributed by atoms with van der Waals surface area (Å²) in [5.74, 6) is -0.614. The Morgan fingerprint density at radius 1 is 1.22 bits per heavy atom. The van der Waals surface area contributed by atoms with Gasteiger partial charge in [-0.3, -0.25) is 4.72 Å². The lowest BCUT2D eigenvalue weighted by molar-refractivity contribution is 0.600. The average molecular weight is 286 g/mol. The van der Waals surface area contributed by atoms with E-state index >= 15 is 0 Å². The summed E-state index contributed by atoms with van der Waals surface area (Å²) in [4.78, 5) is 0.754. The molecule has 2 rings (SSSR count). The van der Waals surface area contributed by atoms with Crippen LogP contribution in [0.1, 0.15) is 4.88 Å². The lowest BCUT2D eigenvalue weighted by atomic mass is 10.3. The maximum absolute atomic E-state index is 13.4. The van der Waals surface area contributed by atoms with Crippen LogP contribution in [-0.4, -0.2) is 8.42 Å². The molecule has 0 atom stereocenters. The van der Waals surface area contributed by atoms with Crippen molar-refractivity contribution in [3.63, 3.8) is 0 Å². The number of halogens is 1. The van der Waals surface area contributed by atoms with Crippen molar-refractivity contribution in [3.05, 3.63) is 47.1 Å². The maximum Gasteiger partial charge on any atom is 0.271 e. The fourth-order valence-corrected chi connectivity index (χ4v) is 3.65. The number of anilines is 1. The highest BCUT2D eigenvalue weighted by Gasteiger charge is 2.18. The van der Waals surface area contributed by atoms with Crippen LogP contribution >= 0.6 is 11.3 Å². The molecule has 0 bridgehead atoms. The van der Waals surface area contributed by atoms with Gasteiger partial charge in [-0.1, -0.05) is 12.1 Å². The third kappa shape index (κ3) is 2.69. The van der Waals surface area contributed by atoms with Crippen LogP contribution in [-0.2, 0) is 16.6 Å². The summed E-state index contributed by atoms with van der Waals surface area (Å²) in [6.45, 7) is 0.278. The number of sulfonamides is 1. The van der Waals surface area contributed by atoms with Crippen molar-refractivity contribution >= 4 is 27.0 Å². The molecule has 1 aromatic carbocycles. The second kappa shape index (κ2) is 5.05. The highest BCUT2D eigenvalue weighted by atomic mass is 32.2. The van der Waals surface area contributed by atoms with Gasteiger partial charge in [-0.05, 0) is 24.3 Å². The second-order valence-corrected chi connectivity index (χ2v) is 6.59. The van der Waals surface area contributed by atoms with Gasteiger partial charge >= 0.3 is 0 Å². The number of hydrogen-bond acceptors (Lipinski definition) is 4. The molecule has 1 aromatic heterocycles. The molecule has 0 aliphatic carbocycles. The van der Waals surface area contributed by atoms with E-state index in [1.165, 1.54) is 24.3 Å². The standard InChI is InChI=1S/C11H11FN2O2S2/c12-9-3-1-2-4-10(9)14-18(15,16)11-6-5-8(7-13)17-11/h1-6,14H,7,13H2. The van der Waals surface area contributed by atoms with E-state index in [1.807, 2.05) is 0 Å². The van der Waals surface area contributed by atoms with Crippen molar-refractivity contribution in [1.29, 1.82) is 0 Å². The van der Waals surface area contributed by atoms with Crippen molar-refractivity contribution < 1.29 is 12.8 Å². The molecule has 0 unspecified atom stereocenters. The lowest BCUT2D eigenvalue weighted by Gasteiger charge is -2.06. The summed E-state index contributed by atoms with van der Waals surface area (Å²) in [6.07, 6.45) is 0. The summed E-state index contributed by atoms with van der Waals surface area (Å²) in [5, 5.41) is 0. The Labute approximate surface area is 108 Å². The van der Waals surface area contributed by atoms with Crippen molar-refractivity contribution in [1.82, 2.24) is 0 Å². The molecule has 96 valence electrons. The topological polar surface area (TPSA) is 72.2 Å². The van der Waals surface area contributed by atoms with E-state index in [0.717, 1.165) is 16.2 Å². The normalized spacial score (nSPS) is 11.4. The number of nitrogens with two attached hydrogens (primary N) is 1. The Morgan fingerprint density at radius 2 is 1.94 bits per heavy atom. The fourth-order valence-electron chi connectivity index (χ4n) is 1.35. The smallest absolute Gasteiger partial charge is 0.271 e. The maximum atomic E-state index is 13.4. The summed E-state index contributed by atoms with van der Waals surface area (Å²) in [6, 6.07) is 8.70. The molecule has 0 aliphatic heterocycles. The van der Waals surface area contributed by atoms with E-state index in [0.29, 0.717) is 0 Å². The first-order valence-electron chi connectivity index (χ1n) is 5.09. The Hall–Kier alpha value is -1.44. The van der Waals surface area contributed by atoms with Crippen LogP contribution in [0.4, 0.5) is 10.1 Å². The quantitative estimate of drug-likeness (QED) is 0.904. The van der Waals surface area contributed by atoms with Crippen LogP contribution in [0.15, 0.2) is 40.6 Å². The summed E-state index contributed by atoms with van der Waals surface area (Å²) >= 11 is 1.07. The zero-order chi connectivity index (χ0) is 13.2. The van der Waals surface area contributed by atoms with Gasteiger partial charge in [0.1, 0.15) is 10.0 Å². The largest absolute Gasteiger partial charge is 0.326 e. The van der Waals surface area contributed by atoms with Crippen LogP contribution in [0.3, 0.4) is 0 Å². The minimum absolute atomic E-state index is 0.0693. The fraction of sp³-hybridized carbons (Fsp3) is 0.0909. The van der Waals surface area contributed by atoms with E-state index in [-0.39, 0.29) is 16.4 Å².